The topological polar surface area (TPSA) is 81.8 Å². The molecule has 5 rings (SSSR count). The van der Waals surface area contributed by atoms with Crippen molar-refractivity contribution in [2.75, 3.05) is 57.0 Å². The van der Waals surface area contributed by atoms with Gasteiger partial charge in [0, 0.05) is 50.5 Å². The highest BCUT2D eigenvalue weighted by atomic mass is 32.2. The third kappa shape index (κ3) is 5.13. The highest BCUT2D eigenvalue weighted by Gasteiger charge is 2.23. The molecule has 0 bridgehead atoms. The predicted octanol–water partition coefficient (Wildman–Crippen LogP) is 3.00. The van der Waals surface area contributed by atoms with Crippen molar-refractivity contribution in [1.29, 1.82) is 0 Å². The van der Waals surface area contributed by atoms with E-state index >= 15 is 0 Å². The number of piperazine rings is 1. The maximum Gasteiger partial charge on any atom is 0.234 e. The van der Waals surface area contributed by atoms with Gasteiger partial charge in [0.2, 0.25) is 5.91 Å². The largest absolute Gasteiger partial charge is 0.383 e. The van der Waals surface area contributed by atoms with Crippen LogP contribution in [0, 0.1) is 12.8 Å². The van der Waals surface area contributed by atoms with Gasteiger partial charge in [0.1, 0.15) is 5.04 Å². The maximum absolute atomic E-state index is 11.6. The number of anilines is 1. The minimum Gasteiger partial charge on any atom is -0.383 e. The molecule has 2 fully saturated rings. The van der Waals surface area contributed by atoms with Crippen LogP contribution in [0.1, 0.15) is 30.5 Å². The monoisotopic (exact) mass is 455 g/mol. The normalized spacial score (nSPS) is 22.8. The van der Waals surface area contributed by atoms with E-state index in [4.69, 9.17) is 9.73 Å². The number of aromatic nitrogens is 1. The van der Waals surface area contributed by atoms with Crippen molar-refractivity contribution in [1.82, 2.24) is 15.2 Å². The quantitative estimate of drug-likeness (QED) is 0.598. The van der Waals surface area contributed by atoms with E-state index in [-0.39, 0.29) is 5.91 Å². The number of nitrogens with one attached hydrogen (secondary N) is 3. The minimum absolute atomic E-state index is 0.135. The van der Waals surface area contributed by atoms with E-state index in [2.05, 4.69) is 45.6 Å². The first-order chi connectivity index (χ1) is 15.6. The summed E-state index contributed by atoms with van der Waals surface area (Å²) in [6.45, 7) is 8.05. The van der Waals surface area contributed by atoms with E-state index < -0.39 is 0 Å². The Morgan fingerprint density at radius 2 is 2.16 bits per heavy atom. The second kappa shape index (κ2) is 9.85. The molecule has 1 unspecified atom stereocenters. The molecule has 3 aliphatic rings. The van der Waals surface area contributed by atoms with Crippen LogP contribution in [0.15, 0.2) is 23.2 Å². The summed E-state index contributed by atoms with van der Waals surface area (Å²) in [5.41, 5.74) is 4.73. The zero-order valence-corrected chi connectivity index (χ0v) is 19.6. The molecule has 4 heterocycles. The summed E-state index contributed by atoms with van der Waals surface area (Å²) in [5.74, 6) is 1.82. The molecule has 0 radical (unpaired) electrons. The number of ether oxygens (including phenoxy) is 1. The first-order valence-corrected chi connectivity index (χ1v) is 12.8. The van der Waals surface area contributed by atoms with Crippen LogP contribution in [-0.2, 0) is 9.53 Å². The van der Waals surface area contributed by atoms with Crippen LogP contribution in [0.2, 0.25) is 0 Å². The van der Waals surface area contributed by atoms with E-state index in [1.54, 1.807) is 0 Å². The molecule has 0 aliphatic carbocycles. The van der Waals surface area contributed by atoms with Crippen LogP contribution in [0.25, 0.3) is 10.9 Å². The van der Waals surface area contributed by atoms with Crippen LogP contribution in [0.5, 0.6) is 0 Å². The van der Waals surface area contributed by atoms with Crippen molar-refractivity contribution in [2.24, 2.45) is 10.9 Å². The molecule has 0 saturated carbocycles. The number of aliphatic imine (C=N–C) groups is 1. The average molecular weight is 456 g/mol. The molecular formula is C24H33N5O2S. The van der Waals surface area contributed by atoms with Gasteiger partial charge in [-0.2, -0.15) is 0 Å². The number of rotatable bonds is 7. The van der Waals surface area contributed by atoms with Crippen molar-refractivity contribution >= 4 is 39.3 Å². The van der Waals surface area contributed by atoms with Crippen LogP contribution >= 0.6 is 11.8 Å². The van der Waals surface area contributed by atoms with Crippen molar-refractivity contribution in [3.05, 3.63) is 29.5 Å². The fourth-order valence-corrected chi connectivity index (χ4v) is 5.86. The summed E-state index contributed by atoms with van der Waals surface area (Å²) in [6.07, 6.45) is 3.27. The summed E-state index contributed by atoms with van der Waals surface area (Å²) in [6, 6.07) is 7.04. The zero-order valence-electron chi connectivity index (χ0n) is 18.8. The number of amides is 1. The van der Waals surface area contributed by atoms with Crippen LogP contribution in [0.4, 0.5) is 5.69 Å². The number of carbonyl (C=O) groups is 1. The van der Waals surface area contributed by atoms with Gasteiger partial charge in [0.25, 0.3) is 0 Å². The lowest BCUT2D eigenvalue weighted by atomic mass is 10.0. The molecule has 1 aromatic heterocycles. The highest BCUT2D eigenvalue weighted by molar-refractivity contribution is 8.14. The van der Waals surface area contributed by atoms with Gasteiger partial charge in [-0.15, -0.1) is 11.8 Å². The molecular weight excluding hydrogens is 422 g/mol. The van der Waals surface area contributed by atoms with Gasteiger partial charge < -0.3 is 20.4 Å². The lowest BCUT2D eigenvalue weighted by Gasteiger charge is -2.26. The average Bonchev–Trinajstić information content (AvgIpc) is 3.44. The first kappa shape index (κ1) is 21.8. The van der Waals surface area contributed by atoms with Crippen molar-refractivity contribution in [3.63, 3.8) is 0 Å². The number of aryl methyl sites for hydroxylation is 1. The predicted molar refractivity (Wildman–Crippen MR) is 132 cm³/mol. The Labute approximate surface area is 193 Å². The summed E-state index contributed by atoms with van der Waals surface area (Å²) in [5, 5.41) is 8.93. The van der Waals surface area contributed by atoms with E-state index in [1.165, 1.54) is 22.2 Å². The first-order valence-electron chi connectivity index (χ1n) is 11.8. The second-order valence-electron chi connectivity index (χ2n) is 9.21. The smallest absolute Gasteiger partial charge is 0.234 e. The van der Waals surface area contributed by atoms with Gasteiger partial charge in [0.15, 0.2) is 0 Å². The van der Waals surface area contributed by atoms with Crippen molar-refractivity contribution in [2.45, 2.75) is 32.2 Å². The summed E-state index contributed by atoms with van der Waals surface area (Å²) < 4.78 is 5.50. The van der Waals surface area contributed by atoms with Crippen LogP contribution in [-0.4, -0.2) is 78.6 Å². The fraction of sp³-hybridized carbons (Fsp3) is 0.583. The fourth-order valence-electron chi connectivity index (χ4n) is 4.78. The molecule has 0 spiro atoms. The van der Waals surface area contributed by atoms with E-state index in [0.29, 0.717) is 18.5 Å². The third-order valence-corrected chi connectivity index (χ3v) is 7.78. The number of fused-ring (bicyclic) bond motifs is 1. The Morgan fingerprint density at radius 3 is 3.00 bits per heavy atom. The molecule has 3 N–H and O–H groups in total. The Morgan fingerprint density at radius 1 is 1.28 bits per heavy atom. The zero-order chi connectivity index (χ0) is 21.9. The highest BCUT2D eigenvalue weighted by Crippen LogP contribution is 2.31. The van der Waals surface area contributed by atoms with Crippen molar-refractivity contribution in [3.8, 4) is 0 Å². The molecule has 1 aromatic carbocycles. The minimum atomic E-state index is 0.135. The van der Waals surface area contributed by atoms with E-state index in [0.717, 1.165) is 75.1 Å². The van der Waals surface area contributed by atoms with E-state index in [9.17, 15) is 4.79 Å². The van der Waals surface area contributed by atoms with Gasteiger partial charge in [0.05, 0.1) is 29.5 Å². The number of carbonyl (C=O) groups excluding carboxylic acids is 1. The van der Waals surface area contributed by atoms with Crippen LogP contribution < -0.4 is 10.6 Å². The molecule has 7 nitrogen and oxygen atoms in total. The molecule has 2 saturated heterocycles. The molecule has 8 heteroatoms. The number of hydrogen-bond acceptors (Lipinski definition) is 6. The van der Waals surface area contributed by atoms with E-state index in [1.807, 2.05) is 11.8 Å². The number of benzene rings is 1. The van der Waals surface area contributed by atoms with Gasteiger partial charge >= 0.3 is 0 Å². The van der Waals surface area contributed by atoms with Gasteiger partial charge in [-0.3, -0.25) is 14.7 Å². The van der Waals surface area contributed by atoms with Gasteiger partial charge in [-0.05, 0) is 55.9 Å². The van der Waals surface area contributed by atoms with Gasteiger partial charge in [-0.1, -0.05) is 0 Å². The molecule has 3 aliphatic heterocycles. The number of nitrogens with zero attached hydrogens (tertiary/aromatic N) is 2. The maximum atomic E-state index is 11.6. The lowest BCUT2D eigenvalue weighted by Crippen LogP contribution is -2.48. The second-order valence-corrected chi connectivity index (χ2v) is 10.2. The Bertz CT molecular complexity index is 998. The molecule has 1 atom stereocenters. The molecule has 32 heavy (non-hydrogen) atoms. The summed E-state index contributed by atoms with van der Waals surface area (Å²) in [4.78, 5) is 22.5. The molecule has 1 amide bonds. The Kier molecular flexibility index (Phi) is 6.71. The molecule has 172 valence electrons. The SMILES string of the molecule is Cc1cc(NCC2CCOCC2)c2[nH]c(C3=NC(CCN4CCNC(=O)C4)CS3)cc2c1. The number of aromatic amines is 1. The Hall–Kier alpha value is -2.03. The van der Waals surface area contributed by atoms with Crippen LogP contribution in [0.3, 0.4) is 0 Å². The summed E-state index contributed by atoms with van der Waals surface area (Å²) in [7, 11) is 0. The standard InChI is InChI=1S/C24H33N5O2S/c1-16-10-18-12-21(28-23(18)20(11-16)26-13-17-3-8-31-9-4-17)24-27-19(15-32-24)2-6-29-7-5-25-22(30)14-29/h10-12,17,19,26,28H,2-9,13-15H2,1H3,(H,25,30). The number of thioether (sulfide) groups is 1. The number of H-pyrrole nitrogens is 1. The summed E-state index contributed by atoms with van der Waals surface area (Å²) >= 11 is 1.84. The third-order valence-electron chi connectivity index (χ3n) is 6.63. The lowest BCUT2D eigenvalue weighted by molar-refractivity contribution is -0.124. The van der Waals surface area contributed by atoms with Gasteiger partial charge in [-0.25, -0.2) is 0 Å². The number of hydrogen-bond donors (Lipinski definition) is 3. The molecule has 2 aromatic rings. The van der Waals surface area contributed by atoms with Crippen molar-refractivity contribution < 1.29 is 9.53 Å². The Balaban J connectivity index is 1.25.